The third-order valence-corrected chi connectivity index (χ3v) is 2.48. The zero-order valence-electron chi connectivity index (χ0n) is 10.3. The highest BCUT2D eigenvalue weighted by Crippen LogP contribution is 2.25. The number of benzene rings is 1. The summed E-state index contributed by atoms with van der Waals surface area (Å²) in [6, 6.07) is 4.88. The summed E-state index contributed by atoms with van der Waals surface area (Å²) in [5.41, 5.74) is 0.873. The van der Waals surface area contributed by atoms with E-state index >= 15 is 0 Å². The Bertz CT molecular complexity index is 392. The molecule has 0 heterocycles. The van der Waals surface area contributed by atoms with E-state index in [1.165, 1.54) is 0 Å². The first-order valence-electron chi connectivity index (χ1n) is 5.21. The Morgan fingerprint density at radius 2 is 2.12 bits per heavy atom. The molecule has 0 amide bonds. The molecule has 0 aliphatic carbocycles. The van der Waals surface area contributed by atoms with Gasteiger partial charge in [-0.1, -0.05) is 0 Å². The van der Waals surface area contributed by atoms with Crippen molar-refractivity contribution in [1.29, 1.82) is 0 Å². The van der Waals surface area contributed by atoms with Crippen LogP contribution in [0.3, 0.4) is 0 Å². The molecule has 0 radical (unpaired) electrons. The Kier molecular flexibility index (Phi) is 4.78. The highest BCUT2D eigenvalue weighted by molar-refractivity contribution is 5.94. The van der Waals surface area contributed by atoms with Gasteiger partial charge in [-0.05, 0) is 12.1 Å². The van der Waals surface area contributed by atoms with Crippen molar-refractivity contribution in [2.45, 2.75) is 0 Å². The molecule has 1 aromatic carbocycles. The van der Waals surface area contributed by atoms with Crippen LogP contribution in [-0.2, 0) is 4.74 Å². The zero-order chi connectivity index (χ0) is 12.8. The minimum atomic E-state index is -0.952. The largest absolute Gasteiger partial charge is 0.497 e. The Morgan fingerprint density at radius 3 is 2.65 bits per heavy atom. The lowest BCUT2D eigenvalue weighted by molar-refractivity contribution is 0.0697. The molecule has 94 valence electrons. The molecule has 0 aliphatic rings. The van der Waals surface area contributed by atoms with Crippen LogP contribution < -0.4 is 9.64 Å². The zero-order valence-corrected chi connectivity index (χ0v) is 10.3. The molecule has 1 aromatic rings. The van der Waals surface area contributed by atoms with Crippen LogP contribution in [0.1, 0.15) is 10.4 Å². The second-order valence-corrected chi connectivity index (χ2v) is 3.60. The van der Waals surface area contributed by atoms with Crippen LogP contribution in [0.5, 0.6) is 5.75 Å². The maximum absolute atomic E-state index is 11.1. The first kappa shape index (κ1) is 13.3. The lowest BCUT2D eigenvalue weighted by atomic mass is 10.1. The molecule has 17 heavy (non-hydrogen) atoms. The Morgan fingerprint density at radius 1 is 1.41 bits per heavy atom. The van der Waals surface area contributed by atoms with Crippen LogP contribution in [0.4, 0.5) is 5.69 Å². The molecular formula is C12H17NO4. The Labute approximate surface area is 101 Å². The highest BCUT2D eigenvalue weighted by Gasteiger charge is 2.14. The molecule has 0 saturated carbocycles. The van der Waals surface area contributed by atoms with Crippen molar-refractivity contribution < 1.29 is 19.4 Å². The summed E-state index contributed by atoms with van der Waals surface area (Å²) in [5, 5.41) is 9.10. The molecule has 5 heteroatoms. The van der Waals surface area contributed by atoms with E-state index < -0.39 is 5.97 Å². The van der Waals surface area contributed by atoms with E-state index in [9.17, 15) is 4.79 Å². The van der Waals surface area contributed by atoms with E-state index in [0.29, 0.717) is 24.6 Å². The van der Waals surface area contributed by atoms with Gasteiger partial charge in [-0.2, -0.15) is 0 Å². The van der Waals surface area contributed by atoms with Gasteiger partial charge < -0.3 is 19.5 Å². The second-order valence-electron chi connectivity index (χ2n) is 3.60. The number of likely N-dealkylation sites (N-methyl/N-ethyl adjacent to an activating group) is 1. The summed E-state index contributed by atoms with van der Waals surface area (Å²) >= 11 is 0. The third kappa shape index (κ3) is 3.35. The van der Waals surface area contributed by atoms with Gasteiger partial charge in [0.15, 0.2) is 0 Å². The summed E-state index contributed by atoms with van der Waals surface area (Å²) in [6.07, 6.45) is 0. The smallest absolute Gasteiger partial charge is 0.337 e. The fourth-order valence-electron chi connectivity index (χ4n) is 1.48. The van der Waals surface area contributed by atoms with Gasteiger partial charge in [0.25, 0.3) is 0 Å². The number of carbonyl (C=O) groups is 1. The fourth-order valence-corrected chi connectivity index (χ4v) is 1.48. The predicted octanol–water partition coefficient (Wildman–Crippen LogP) is 1.48. The van der Waals surface area contributed by atoms with Crippen LogP contribution in [0.2, 0.25) is 0 Å². The van der Waals surface area contributed by atoms with E-state index in [1.807, 2.05) is 11.9 Å². The number of aromatic carboxylic acids is 1. The van der Waals surface area contributed by atoms with Gasteiger partial charge in [-0.25, -0.2) is 4.79 Å². The van der Waals surface area contributed by atoms with E-state index in [0.717, 1.165) is 0 Å². The van der Waals surface area contributed by atoms with Gasteiger partial charge in [0.2, 0.25) is 0 Å². The maximum atomic E-state index is 11.1. The summed E-state index contributed by atoms with van der Waals surface area (Å²) in [6.45, 7) is 1.15. The maximum Gasteiger partial charge on any atom is 0.337 e. The number of hydrogen-bond donors (Lipinski definition) is 1. The first-order valence-corrected chi connectivity index (χ1v) is 5.21. The van der Waals surface area contributed by atoms with Crippen LogP contribution in [0.25, 0.3) is 0 Å². The number of ether oxygens (including phenoxy) is 2. The molecule has 0 unspecified atom stereocenters. The predicted molar refractivity (Wildman–Crippen MR) is 65.1 cm³/mol. The lowest BCUT2D eigenvalue weighted by Crippen LogP contribution is -2.24. The fraction of sp³-hybridized carbons (Fsp3) is 0.417. The van der Waals surface area contributed by atoms with Crippen LogP contribution in [0.15, 0.2) is 18.2 Å². The molecule has 0 spiro atoms. The van der Waals surface area contributed by atoms with Crippen molar-refractivity contribution in [3.63, 3.8) is 0 Å². The molecular weight excluding hydrogens is 222 g/mol. The van der Waals surface area contributed by atoms with Crippen molar-refractivity contribution in [2.24, 2.45) is 0 Å². The van der Waals surface area contributed by atoms with Crippen LogP contribution in [0, 0.1) is 0 Å². The minimum absolute atomic E-state index is 0.254. The summed E-state index contributed by atoms with van der Waals surface area (Å²) in [7, 11) is 4.98. The van der Waals surface area contributed by atoms with Gasteiger partial charge >= 0.3 is 5.97 Å². The number of hydrogen-bond acceptors (Lipinski definition) is 4. The number of nitrogens with zero attached hydrogens (tertiary/aromatic N) is 1. The number of rotatable bonds is 6. The van der Waals surface area contributed by atoms with Crippen LogP contribution >= 0.6 is 0 Å². The normalized spacial score (nSPS) is 10.1. The van der Waals surface area contributed by atoms with Gasteiger partial charge in [-0.15, -0.1) is 0 Å². The summed E-state index contributed by atoms with van der Waals surface area (Å²) < 4.78 is 10.1. The second kappa shape index (κ2) is 6.10. The van der Waals surface area contributed by atoms with E-state index in [-0.39, 0.29) is 5.56 Å². The van der Waals surface area contributed by atoms with Crippen molar-refractivity contribution in [3.8, 4) is 5.75 Å². The molecule has 0 aliphatic heterocycles. The van der Waals surface area contributed by atoms with E-state index in [2.05, 4.69) is 0 Å². The van der Waals surface area contributed by atoms with Gasteiger partial charge in [0.05, 0.1) is 25.0 Å². The topological polar surface area (TPSA) is 59.0 Å². The SMILES string of the molecule is COCCN(C)c1cc(OC)ccc1C(=O)O. The van der Waals surface area contributed by atoms with E-state index in [4.69, 9.17) is 14.6 Å². The standard InChI is InChI=1S/C12H17NO4/c1-13(6-7-16-2)11-8-9(17-3)4-5-10(11)12(14)15/h4-5,8H,6-7H2,1-3H3,(H,14,15). The average Bonchev–Trinajstić information content (AvgIpc) is 2.34. The highest BCUT2D eigenvalue weighted by atomic mass is 16.5. The number of carboxylic acids is 1. The first-order chi connectivity index (χ1) is 8.10. The molecule has 1 rings (SSSR count). The molecule has 5 nitrogen and oxygen atoms in total. The van der Waals surface area contributed by atoms with Crippen LogP contribution in [-0.4, -0.2) is 45.5 Å². The summed E-state index contributed by atoms with van der Waals surface area (Å²) in [5.74, 6) is -0.318. The Balaban J connectivity index is 3.03. The monoisotopic (exact) mass is 239 g/mol. The summed E-state index contributed by atoms with van der Waals surface area (Å²) in [4.78, 5) is 12.9. The van der Waals surface area contributed by atoms with Gasteiger partial charge in [-0.3, -0.25) is 0 Å². The Hall–Kier alpha value is -1.75. The quantitative estimate of drug-likeness (QED) is 0.814. The van der Waals surface area contributed by atoms with E-state index in [1.54, 1.807) is 32.4 Å². The molecule has 0 bridgehead atoms. The molecule has 0 fully saturated rings. The minimum Gasteiger partial charge on any atom is -0.497 e. The van der Waals surface area contributed by atoms with Gasteiger partial charge in [0, 0.05) is 26.8 Å². The van der Waals surface area contributed by atoms with Crippen molar-refractivity contribution in [1.82, 2.24) is 0 Å². The molecule has 1 N–H and O–H groups in total. The van der Waals surface area contributed by atoms with Crippen molar-refractivity contribution in [2.75, 3.05) is 39.3 Å². The number of methoxy groups -OCH3 is 2. The number of anilines is 1. The van der Waals surface area contributed by atoms with Crippen molar-refractivity contribution >= 4 is 11.7 Å². The third-order valence-electron chi connectivity index (χ3n) is 2.48. The number of carboxylic acid groups (broad SMARTS) is 1. The van der Waals surface area contributed by atoms with Gasteiger partial charge in [0.1, 0.15) is 5.75 Å². The van der Waals surface area contributed by atoms with Crippen molar-refractivity contribution in [3.05, 3.63) is 23.8 Å². The molecule has 0 atom stereocenters. The molecule has 0 aromatic heterocycles. The molecule has 0 saturated heterocycles. The lowest BCUT2D eigenvalue weighted by Gasteiger charge is -2.21. The average molecular weight is 239 g/mol.